The van der Waals surface area contributed by atoms with Gasteiger partial charge in [0.25, 0.3) is 0 Å². The molecule has 0 spiro atoms. The zero-order valence-corrected chi connectivity index (χ0v) is 15.2. The van der Waals surface area contributed by atoms with Crippen molar-refractivity contribution in [2.75, 3.05) is 21.7 Å². The lowest BCUT2D eigenvalue weighted by Gasteiger charge is -2.03. The van der Waals surface area contributed by atoms with Gasteiger partial charge in [0.1, 0.15) is 5.76 Å². The lowest BCUT2D eigenvalue weighted by molar-refractivity contribution is -0.113. The van der Waals surface area contributed by atoms with Gasteiger partial charge in [-0.2, -0.15) is 0 Å². The van der Waals surface area contributed by atoms with E-state index in [2.05, 4.69) is 31.3 Å². The van der Waals surface area contributed by atoms with Gasteiger partial charge in [0, 0.05) is 11.8 Å². The zero-order valence-electron chi connectivity index (χ0n) is 13.6. The summed E-state index contributed by atoms with van der Waals surface area (Å²) in [6, 6.07) is 10.3. The van der Waals surface area contributed by atoms with Crippen LogP contribution in [0.4, 0.5) is 21.4 Å². The first-order valence-corrected chi connectivity index (χ1v) is 9.21. The van der Waals surface area contributed by atoms with Crippen LogP contribution in [0.5, 0.6) is 0 Å². The Morgan fingerprint density at radius 2 is 1.96 bits per heavy atom. The molecule has 134 valence electrons. The van der Waals surface area contributed by atoms with Crippen molar-refractivity contribution in [3.05, 3.63) is 42.2 Å². The van der Waals surface area contributed by atoms with Crippen LogP contribution in [-0.2, 0) is 4.79 Å². The molecule has 0 fully saturated rings. The van der Waals surface area contributed by atoms with E-state index in [1.807, 2.05) is 18.2 Å². The predicted molar refractivity (Wildman–Crippen MR) is 99.6 cm³/mol. The Morgan fingerprint density at radius 3 is 2.69 bits per heavy atom. The molecule has 0 unspecified atom stereocenters. The van der Waals surface area contributed by atoms with E-state index in [0.717, 1.165) is 0 Å². The Kier molecular flexibility index (Phi) is 5.81. The van der Waals surface area contributed by atoms with E-state index in [1.165, 1.54) is 23.1 Å². The van der Waals surface area contributed by atoms with E-state index in [1.54, 1.807) is 25.1 Å². The Balaban J connectivity index is 1.45. The molecule has 0 atom stereocenters. The van der Waals surface area contributed by atoms with Gasteiger partial charge in [-0.15, -0.1) is 10.2 Å². The SMILES string of the molecule is Cc1cc(NC(=O)CSc2nnc(NC(=O)Nc3ccccc3)s2)no1. The van der Waals surface area contributed by atoms with Crippen molar-refractivity contribution < 1.29 is 14.1 Å². The highest BCUT2D eigenvalue weighted by molar-refractivity contribution is 8.01. The van der Waals surface area contributed by atoms with Crippen molar-refractivity contribution in [3.63, 3.8) is 0 Å². The fraction of sp³-hybridized carbons (Fsp3) is 0.133. The minimum atomic E-state index is -0.414. The van der Waals surface area contributed by atoms with Crippen LogP contribution in [-0.4, -0.2) is 33.0 Å². The Morgan fingerprint density at radius 1 is 1.15 bits per heavy atom. The summed E-state index contributed by atoms with van der Waals surface area (Å²) in [5, 5.41) is 19.7. The molecule has 3 aromatic rings. The number of para-hydroxylation sites is 1. The summed E-state index contributed by atoms with van der Waals surface area (Å²) < 4.78 is 5.43. The number of carbonyl (C=O) groups is 2. The third-order valence-corrected chi connectivity index (χ3v) is 4.85. The molecular weight excluding hydrogens is 376 g/mol. The molecule has 3 rings (SSSR count). The lowest BCUT2D eigenvalue weighted by atomic mass is 10.3. The number of nitrogens with one attached hydrogen (secondary N) is 3. The fourth-order valence-corrected chi connectivity index (χ4v) is 3.38. The minimum absolute atomic E-state index is 0.136. The lowest BCUT2D eigenvalue weighted by Crippen LogP contribution is -2.19. The van der Waals surface area contributed by atoms with Crippen LogP contribution in [0, 0.1) is 6.92 Å². The van der Waals surface area contributed by atoms with Crippen LogP contribution >= 0.6 is 23.1 Å². The summed E-state index contributed by atoms with van der Waals surface area (Å²) in [7, 11) is 0. The smallest absolute Gasteiger partial charge is 0.325 e. The monoisotopic (exact) mass is 390 g/mol. The number of amides is 3. The van der Waals surface area contributed by atoms with E-state index in [4.69, 9.17) is 4.52 Å². The first-order valence-electron chi connectivity index (χ1n) is 7.41. The van der Waals surface area contributed by atoms with E-state index >= 15 is 0 Å². The van der Waals surface area contributed by atoms with Crippen molar-refractivity contribution in [2.45, 2.75) is 11.3 Å². The molecule has 26 heavy (non-hydrogen) atoms. The summed E-state index contributed by atoms with van der Waals surface area (Å²) in [5.41, 5.74) is 0.670. The summed E-state index contributed by atoms with van der Waals surface area (Å²) in [5.74, 6) is 0.873. The van der Waals surface area contributed by atoms with Gasteiger partial charge < -0.3 is 15.2 Å². The summed E-state index contributed by atoms with van der Waals surface area (Å²) in [4.78, 5) is 23.7. The van der Waals surface area contributed by atoms with Gasteiger partial charge in [-0.1, -0.05) is 46.5 Å². The highest BCUT2D eigenvalue weighted by atomic mass is 32.2. The molecule has 11 heteroatoms. The Hall–Kier alpha value is -2.92. The quantitative estimate of drug-likeness (QED) is 0.436. The van der Waals surface area contributed by atoms with Gasteiger partial charge in [-0.25, -0.2) is 4.79 Å². The van der Waals surface area contributed by atoms with Gasteiger partial charge in [-0.3, -0.25) is 10.1 Å². The zero-order chi connectivity index (χ0) is 18.4. The van der Waals surface area contributed by atoms with Gasteiger partial charge in [0.2, 0.25) is 11.0 Å². The number of anilines is 3. The normalized spacial score (nSPS) is 10.3. The van der Waals surface area contributed by atoms with E-state index in [9.17, 15) is 9.59 Å². The number of urea groups is 1. The first-order chi connectivity index (χ1) is 12.6. The number of hydrogen-bond donors (Lipinski definition) is 3. The highest BCUT2D eigenvalue weighted by Gasteiger charge is 2.11. The number of hydrogen-bond acceptors (Lipinski definition) is 8. The molecule has 0 aliphatic heterocycles. The number of rotatable bonds is 6. The fourth-order valence-electron chi connectivity index (χ4n) is 1.83. The molecule has 0 aliphatic rings. The maximum atomic E-state index is 11.9. The number of nitrogens with zero attached hydrogens (tertiary/aromatic N) is 3. The molecule has 2 aromatic heterocycles. The average molecular weight is 390 g/mol. The van der Waals surface area contributed by atoms with Crippen LogP contribution in [0.3, 0.4) is 0 Å². The molecule has 3 amide bonds. The average Bonchev–Trinajstić information content (AvgIpc) is 3.22. The van der Waals surface area contributed by atoms with Crippen LogP contribution < -0.4 is 16.0 Å². The maximum Gasteiger partial charge on any atom is 0.325 e. The third kappa shape index (κ3) is 5.29. The second-order valence-corrected chi connectivity index (χ2v) is 7.18. The predicted octanol–water partition coefficient (Wildman–Crippen LogP) is 3.21. The molecule has 9 nitrogen and oxygen atoms in total. The largest absolute Gasteiger partial charge is 0.360 e. The van der Waals surface area contributed by atoms with Crippen molar-refractivity contribution in [1.29, 1.82) is 0 Å². The van der Waals surface area contributed by atoms with E-state index < -0.39 is 6.03 Å². The Bertz CT molecular complexity index is 896. The van der Waals surface area contributed by atoms with E-state index in [0.29, 0.717) is 26.7 Å². The molecule has 0 saturated carbocycles. The second-order valence-electron chi connectivity index (χ2n) is 4.98. The van der Waals surface area contributed by atoms with Gasteiger partial charge in [-0.05, 0) is 19.1 Å². The van der Waals surface area contributed by atoms with Gasteiger partial charge in [0.05, 0.1) is 5.75 Å². The Labute approximate surface area is 156 Å². The number of thioether (sulfide) groups is 1. The maximum absolute atomic E-state index is 11.9. The number of aromatic nitrogens is 3. The van der Waals surface area contributed by atoms with E-state index in [-0.39, 0.29) is 11.7 Å². The second kappa shape index (κ2) is 8.45. The van der Waals surface area contributed by atoms with Crippen molar-refractivity contribution in [3.8, 4) is 0 Å². The number of aryl methyl sites for hydroxylation is 1. The van der Waals surface area contributed by atoms with Crippen LogP contribution in [0.2, 0.25) is 0 Å². The molecule has 0 saturated heterocycles. The number of benzene rings is 1. The minimum Gasteiger partial charge on any atom is -0.360 e. The van der Waals surface area contributed by atoms with Crippen LogP contribution in [0.1, 0.15) is 5.76 Å². The molecule has 0 bridgehead atoms. The first kappa shape index (κ1) is 17.9. The number of carbonyl (C=O) groups excluding carboxylic acids is 2. The van der Waals surface area contributed by atoms with Crippen molar-refractivity contribution >= 4 is 51.7 Å². The summed E-state index contributed by atoms with van der Waals surface area (Å²) in [6.45, 7) is 1.74. The third-order valence-electron chi connectivity index (χ3n) is 2.88. The van der Waals surface area contributed by atoms with Crippen molar-refractivity contribution in [2.24, 2.45) is 0 Å². The topological polar surface area (TPSA) is 122 Å². The van der Waals surface area contributed by atoms with Gasteiger partial charge in [0.15, 0.2) is 10.2 Å². The molecular formula is C15H14N6O3S2. The molecule has 3 N–H and O–H groups in total. The van der Waals surface area contributed by atoms with Crippen LogP contribution in [0.25, 0.3) is 0 Å². The highest BCUT2D eigenvalue weighted by Crippen LogP contribution is 2.25. The summed E-state index contributed by atoms with van der Waals surface area (Å²) >= 11 is 2.39. The molecule has 0 aliphatic carbocycles. The van der Waals surface area contributed by atoms with Crippen molar-refractivity contribution in [1.82, 2.24) is 15.4 Å². The van der Waals surface area contributed by atoms with Gasteiger partial charge >= 0.3 is 6.03 Å². The molecule has 1 aromatic carbocycles. The standard InChI is InChI=1S/C15H14N6O3S2/c1-9-7-11(21-24-9)17-12(22)8-25-15-20-19-14(26-15)18-13(23)16-10-5-3-2-4-6-10/h2-7H,8H2,1H3,(H,17,21,22)(H2,16,18,19,23). The van der Waals surface area contributed by atoms with Crippen LogP contribution in [0.15, 0.2) is 45.3 Å². The molecule has 0 radical (unpaired) electrons. The summed E-state index contributed by atoms with van der Waals surface area (Å²) in [6.07, 6.45) is 0. The molecule has 2 heterocycles.